The summed E-state index contributed by atoms with van der Waals surface area (Å²) in [6.45, 7) is 0. The molecule has 92 valence electrons. The zero-order chi connectivity index (χ0) is 13.1. The molecule has 0 spiro atoms. The second-order valence-electron chi connectivity index (χ2n) is 3.27. The van der Waals surface area contributed by atoms with Crippen molar-refractivity contribution in [3.63, 3.8) is 0 Å². The number of anilines is 1. The van der Waals surface area contributed by atoms with E-state index in [9.17, 15) is 14.9 Å². The van der Waals surface area contributed by atoms with Gasteiger partial charge < -0.3 is 10.4 Å². The van der Waals surface area contributed by atoms with Crippen LogP contribution in [-0.4, -0.2) is 20.9 Å². The Hall–Kier alpha value is -2.48. The average molecular weight is 266 g/mol. The predicted molar refractivity (Wildman–Crippen MR) is 66.2 cm³/mol. The molecule has 3 N–H and O–H groups in total. The summed E-state index contributed by atoms with van der Waals surface area (Å²) in [6, 6.07) is 4.08. The minimum Gasteiger partial charge on any atom is -0.592 e. The molecule has 0 saturated heterocycles. The van der Waals surface area contributed by atoms with Crippen molar-refractivity contribution in [3.05, 3.63) is 45.6 Å². The molecule has 0 unspecified atom stereocenters. The Morgan fingerprint density at radius 2 is 2.22 bits per heavy atom. The van der Waals surface area contributed by atoms with Gasteiger partial charge in [0.15, 0.2) is 5.69 Å². The zero-order valence-electron chi connectivity index (χ0n) is 8.91. The Morgan fingerprint density at radius 1 is 1.44 bits per heavy atom. The summed E-state index contributed by atoms with van der Waals surface area (Å²) in [5, 5.41) is 20.4. The highest BCUT2D eigenvalue weighted by Gasteiger charge is 2.17. The molecule has 0 saturated carbocycles. The summed E-state index contributed by atoms with van der Waals surface area (Å²) in [5.74, 6) is -0.362. The lowest BCUT2D eigenvalue weighted by Gasteiger charge is -2.01. The second kappa shape index (κ2) is 4.80. The van der Waals surface area contributed by atoms with Gasteiger partial charge in [0, 0.05) is 12.3 Å². The van der Waals surface area contributed by atoms with Crippen molar-refractivity contribution in [3.8, 4) is 5.75 Å². The van der Waals surface area contributed by atoms with Gasteiger partial charge in [-0.15, -0.1) is 0 Å². The van der Waals surface area contributed by atoms with Gasteiger partial charge in [0.05, 0.1) is 22.1 Å². The van der Waals surface area contributed by atoms with E-state index < -0.39 is 10.8 Å². The maximum absolute atomic E-state index is 11.8. The first-order chi connectivity index (χ1) is 8.58. The third kappa shape index (κ3) is 2.43. The van der Waals surface area contributed by atoms with Gasteiger partial charge in [0.25, 0.3) is 11.7 Å². The van der Waals surface area contributed by atoms with Gasteiger partial charge in [-0.3, -0.25) is 19.9 Å². The van der Waals surface area contributed by atoms with Crippen LogP contribution in [0.3, 0.4) is 0 Å². The van der Waals surface area contributed by atoms with Crippen LogP contribution in [0.5, 0.6) is 5.75 Å². The first kappa shape index (κ1) is 12.0. The standard InChI is InChI=1S/C10H7N3O4S/c14-7-3-4-11-5-6(7)12-10(15)8-1-2-9(18-8)13(16)17/h1-5H,(H,11,14)(H,12,15)/p+1. The van der Waals surface area contributed by atoms with Crippen molar-refractivity contribution in [2.75, 3.05) is 5.32 Å². The largest absolute Gasteiger partial charge is 0.592 e. The normalized spacial score (nSPS) is 10.0. The molecular formula is C10H8N3O4S+. The molecule has 0 radical (unpaired) electrons. The number of aromatic nitrogens is 1. The molecule has 0 aliphatic rings. The number of rotatable bonds is 3. The lowest BCUT2D eigenvalue weighted by molar-refractivity contribution is -0.380. The van der Waals surface area contributed by atoms with E-state index >= 15 is 0 Å². The predicted octanol–water partition coefficient (Wildman–Crippen LogP) is 1.74. The van der Waals surface area contributed by atoms with Crippen LogP contribution in [0.2, 0.25) is 0 Å². The molecule has 18 heavy (non-hydrogen) atoms. The van der Waals surface area contributed by atoms with Crippen molar-refractivity contribution < 1.29 is 14.8 Å². The topological polar surface area (TPSA) is 108 Å². The van der Waals surface area contributed by atoms with Gasteiger partial charge in [-0.1, -0.05) is 11.3 Å². The summed E-state index contributed by atoms with van der Waals surface area (Å²) < 4.78 is 0. The van der Waals surface area contributed by atoms with Gasteiger partial charge in [0.1, 0.15) is 0 Å². The maximum atomic E-state index is 11.8. The molecule has 2 aromatic heterocycles. The van der Waals surface area contributed by atoms with Gasteiger partial charge in [-0.2, -0.15) is 0 Å². The molecule has 2 aromatic rings. The Labute approximate surface area is 105 Å². The van der Waals surface area contributed by atoms with E-state index in [-0.39, 0.29) is 21.3 Å². The highest BCUT2D eigenvalue weighted by molar-refractivity contribution is 7.17. The molecule has 2 heterocycles. The smallest absolute Gasteiger partial charge is 0.324 e. The highest BCUT2D eigenvalue weighted by atomic mass is 32.1. The number of hydrogen-bond acceptors (Lipinski definition) is 5. The Bertz CT molecular complexity index is 611. The first-order valence-corrected chi connectivity index (χ1v) is 5.61. The van der Waals surface area contributed by atoms with Gasteiger partial charge in [-0.25, -0.2) is 0 Å². The van der Waals surface area contributed by atoms with Crippen molar-refractivity contribution >= 4 is 27.9 Å². The first-order valence-electron chi connectivity index (χ1n) is 4.79. The van der Waals surface area contributed by atoms with Crippen LogP contribution in [0.4, 0.5) is 10.7 Å². The fourth-order valence-corrected chi connectivity index (χ4v) is 1.94. The van der Waals surface area contributed by atoms with E-state index in [1.54, 1.807) is 0 Å². The van der Waals surface area contributed by atoms with Crippen LogP contribution in [0.1, 0.15) is 9.67 Å². The van der Waals surface area contributed by atoms with E-state index in [2.05, 4.69) is 10.3 Å². The summed E-state index contributed by atoms with van der Waals surface area (Å²) in [7, 11) is 0. The molecule has 0 aliphatic carbocycles. The number of nitro groups is 1. The van der Waals surface area contributed by atoms with Gasteiger partial charge >= 0.3 is 5.00 Å². The van der Waals surface area contributed by atoms with E-state index in [0.717, 1.165) is 11.3 Å². The number of pyridine rings is 1. The minimum absolute atomic E-state index is 0.0996. The number of thiophene rings is 1. The molecule has 0 aromatic carbocycles. The maximum Gasteiger partial charge on any atom is 0.324 e. The van der Waals surface area contributed by atoms with Gasteiger partial charge in [0.2, 0.25) is 0 Å². The van der Waals surface area contributed by atoms with Crippen LogP contribution in [0, 0.1) is 10.1 Å². The molecule has 8 heteroatoms. The SMILES string of the molecule is O=C(Nc1cnccc1[OH2+])c1ccc([N+](=O)[O-])s1. The number of nitrogens with zero attached hydrogens (tertiary/aromatic N) is 2. The number of carbonyl (C=O) groups is 1. The zero-order valence-corrected chi connectivity index (χ0v) is 9.73. The van der Waals surface area contributed by atoms with E-state index in [1.807, 2.05) is 0 Å². The molecule has 0 bridgehead atoms. The Kier molecular flexibility index (Phi) is 3.20. The van der Waals surface area contributed by atoms with Crippen LogP contribution < -0.4 is 5.32 Å². The van der Waals surface area contributed by atoms with E-state index in [1.165, 1.54) is 30.6 Å². The third-order valence-corrected chi connectivity index (χ3v) is 3.10. The van der Waals surface area contributed by atoms with Crippen molar-refractivity contribution in [2.45, 2.75) is 0 Å². The highest BCUT2D eigenvalue weighted by Crippen LogP contribution is 2.26. The summed E-state index contributed by atoms with van der Waals surface area (Å²) >= 11 is 0.781. The quantitative estimate of drug-likeness (QED) is 0.518. The van der Waals surface area contributed by atoms with Crippen molar-refractivity contribution in [1.29, 1.82) is 0 Å². The molecule has 0 fully saturated rings. The number of carbonyl (C=O) groups excluding carboxylic acids is 1. The molecule has 2 rings (SSSR count). The summed E-state index contributed by atoms with van der Waals surface area (Å²) in [6.07, 6.45) is 2.79. The lowest BCUT2D eigenvalue weighted by Crippen LogP contribution is -2.10. The fraction of sp³-hybridized carbons (Fsp3) is 0. The summed E-state index contributed by atoms with van der Waals surface area (Å²) in [5.41, 5.74) is 0.263. The third-order valence-electron chi connectivity index (χ3n) is 2.06. The van der Waals surface area contributed by atoms with Crippen molar-refractivity contribution in [1.82, 2.24) is 4.98 Å². The Morgan fingerprint density at radius 3 is 2.83 bits per heavy atom. The van der Waals surface area contributed by atoms with Crippen LogP contribution in [0.25, 0.3) is 0 Å². The van der Waals surface area contributed by atoms with E-state index in [0.29, 0.717) is 0 Å². The monoisotopic (exact) mass is 266 g/mol. The molecule has 0 atom stereocenters. The Balaban J connectivity index is 2.17. The van der Waals surface area contributed by atoms with Crippen LogP contribution in [0.15, 0.2) is 30.6 Å². The molecule has 7 nitrogen and oxygen atoms in total. The minimum atomic E-state index is -0.554. The number of hydrogen-bond donors (Lipinski definition) is 1. The number of nitrogens with one attached hydrogen (secondary N) is 1. The second-order valence-corrected chi connectivity index (χ2v) is 4.33. The van der Waals surface area contributed by atoms with Crippen molar-refractivity contribution in [2.24, 2.45) is 0 Å². The lowest BCUT2D eigenvalue weighted by atomic mass is 10.3. The average Bonchev–Trinajstić information content (AvgIpc) is 2.81. The summed E-state index contributed by atoms with van der Waals surface area (Å²) in [4.78, 5) is 25.7. The van der Waals surface area contributed by atoms with Gasteiger partial charge in [-0.05, 0) is 6.07 Å². The fourth-order valence-electron chi connectivity index (χ4n) is 1.23. The molecular weight excluding hydrogens is 258 g/mol. The number of amides is 1. The molecule has 0 aliphatic heterocycles. The molecule has 1 amide bonds. The van der Waals surface area contributed by atoms with Crippen LogP contribution >= 0.6 is 11.3 Å². The van der Waals surface area contributed by atoms with E-state index in [4.69, 9.17) is 5.11 Å². The van der Waals surface area contributed by atoms with Crippen LogP contribution in [-0.2, 0) is 0 Å².